The van der Waals surface area contributed by atoms with Gasteiger partial charge in [-0.1, -0.05) is 57.3 Å². The van der Waals surface area contributed by atoms with Gasteiger partial charge >= 0.3 is 0 Å². The summed E-state index contributed by atoms with van der Waals surface area (Å²) in [5, 5.41) is 13.9. The van der Waals surface area contributed by atoms with Crippen LogP contribution in [0.2, 0.25) is 0 Å². The summed E-state index contributed by atoms with van der Waals surface area (Å²) in [5.41, 5.74) is 2.54. The Bertz CT molecular complexity index is 761. The second kappa shape index (κ2) is 7.65. The van der Waals surface area contributed by atoms with Gasteiger partial charge < -0.3 is 14.6 Å². The maximum Gasteiger partial charge on any atom is 0.290 e. The Morgan fingerprint density at radius 2 is 1.96 bits per heavy atom. The molecule has 0 amide bonds. The van der Waals surface area contributed by atoms with Crippen molar-refractivity contribution in [3.8, 4) is 5.88 Å². The molecule has 0 aliphatic carbocycles. The number of hydrogen-bond acceptors (Lipinski definition) is 4. The zero-order valence-corrected chi connectivity index (χ0v) is 15.7. The fourth-order valence-electron chi connectivity index (χ4n) is 2.28. The lowest BCUT2D eigenvalue weighted by molar-refractivity contribution is -0.384. The summed E-state index contributed by atoms with van der Waals surface area (Å²) < 4.78 is 7.10. The predicted molar refractivity (Wildman–Crippen MR) is 102 cm³/mol. The van der Waals surface area contributed by atoms with Crippen molar-refractivity contribution in [1.29, 1.82) is 0 Å². The van der Waals surface area contributed by atoms with E-state index in [9.17, 15) is 10.1 Å². The number of nitro groups is 1. The molecular formula is C18H23N3O3S. The molecular weight excluding hydrogens is 338 g/mol. The molecule has 0 radical (unpaired) electrons. The summed E-state index contributed by atoms with van der Waals surface area (Å²) >= 11 is 5.26. The second-order valence-electron chi connectivity index (χ2n) is 6.92. The molecule has 1 aromatic heterocycles. The fraction of sp³-hybridized carbons (Fsp3) is 0.389. The molecule has 0 aliphatic heterocycles. The molecule has 0 atom stereocenters. The van der Waals surface area contributed by atoms with Crippen LogP contribution in [0, 0.1) is 10.1 Å². The molecule has 2 rings (SSSR count). The van der Waals surface area contributed by atoms with Crippen molar-refractivity contribution in [2.24, 2.45) is 7.05 Å². The van der Waals surface area contributed by atoms with Crippen LogP contribution in [0.3, 0.4) is 0 Å². The van der Waals surface area contributed by atoms with E-state index in [1.165, 1.54) is 17.8 Å². The van der Waals surface area contributed by atoms with Crippen molar-refractivity contribution < 1.29 is 9.66 Å². The maximum atomic E-state index is 10.7. The minimum Gasteiger partial charge on any atom is -0.471 e. The highest BCUT2D eigenvalue weighted by Gasteiger charge is 2.14. The Balaban J connectivity index is 1.84. The molecule has 1 N–H and O–H groups in total. The molecule has 2 aromatic rings. The lowest BCUT2D eigenvalue weighted by Gasteiger charge is -2.19. The van der Waals surface area contributed by atoms with Gasteiger partial charge in [0.1, 0.15) is 11.6 Å². The van der Waals surface area contributed by atoms with Crippen LogP contribution in [-0.4, -0.2) is 21.1 Å². The highest BCUT2D eigenvalue weighted by atomic mass is 32.1. The third kappa shape index (κ3) is 5.29. The Morgan fingerprint density at radius 1 is 1.32 bits per heavy atom. The molecule has 0 spiro atoms. The molecule has 0 saturated carbocycles. The monoisotopic (exact) mass is 361 g/mol. The topological polar surface area (TPSA) is 69.3 Å². The van der Waals surface area contributed by atoms with E-state index < -0.39 is 4.92 Å². The van der Waals surface area contributed by atoms with E-state index in [0.29, 0.717) is 17.4 Å². The maximum absolute atomic E-state index is 10.7. The molecule has 6 nitrogen and oxygen atoms in total. The van der Waals surface area contributed by atoms with Crippen molar-refractivity contribution in [3.05, 3.63) is 57.8 Å². The number of rotatable bonds is 6. The number of hydrogen-bond donors (Lipinski definition) is 1. The fourth-order valence-corrected chi connectivity index (χ4v) is 2.42. The molecule has 0 bridgehead atoms. The third-order valence-electron chi connectivity index (χ3n) is 3.82. The Morgan fingerprint density at radius 3 is 2.48 bits per heavy atom. The quantitative estimate of drug-likeness (QED) is 0.482. The van der Waals surface area contributed by atoms with E-state index in [-0.39, 0.29) is 17.7 Å². The zero-order chi connectivity index (χ0) is 18.6. The summed E-state index contributed by atoms with van der Waals surface area (Å²) in [6.07, 6.45) is 1.41. The number of thiocarbonyl (C=S) groups is 1. The Labute approximate surface area is 153 Å². The van der Waals surface area contributed by atoms with Gasteiger partial charge in [0.2, 0.25) is 5.88 Å². The molecule has 0 unspecified atom stereocenters. The summed E-state index contributed by atoms with van der Waals surface area (Å²) in [7, 11) is 1.69. The van der Waals surface area contributed by atoms with Crippen LogP contribution < -0.4 is 10.1 Å². The van der Waals surface area contributed by atoms with Crippen LogP contribution in [0.4, 0.5) is 5.69 Å². The van der Waals surface area contributed by atoms with E-state index in [4.69, 9.17) is 17.0 Å². The van der Waals surface area contributed by atoms with E-state index >= 15 is 0 Å². The molecule has 25 heavy (non-hydrogen) atoms. The van der Waals surface area contributed by atoms with Gasteiger partial charge in [0.15, 0.2) is 0 Å². The number of aromatic nitrogens is 1. The van der Waals surface area contributed by atoms with Crippen LogP contribution in [0.1, 0.15) is 31.9 Å². The average molecular weight is 361 g/mol. The first-order valence-corrected chi connectivity index (χ1v) is 8.37. The van der Waals surface area contributed by atoms with E-state index in [0.717, 1.165) is 5.56 Å². The summed E-state index contributed by atoms with van der Waals surface area (Å²) in [4.78, 5) is 10.8. The minimum atomic E-state index is -0.454. The van der Waals surface area contributed by atoms with Crippen LogP contribution in [0.5, 0.6) is 5.88 Å². The van der Waals surface area contributed by atoms with Crippen LogP contribution in [0.25, 0.3) is 0 Å². The summed E-state index contributed by atoms with van der Waals surface area (Å²) in [5.74, 6) is 0.408. The van der Waals surface area contributed by atoms with Crippen molar-refractivity contribution in [2.75, 3.05) is 6.61 Å². The lowest BCUT2D eigenvalue weighted by atomic mass is 9.87. The number of aryl methyl sites for hydroxylation is 1. The van der Waals surface area contributed by atoms with E-state index in [1.54, 1.807) is 11.6 Å². The molecule has 1 heterocycles. The van der Waals surface area contributed by atoms with Gasteiger partial charge in [-0.2, -0.15) is 0 Å². The van der Waals surface area contributed by atoms with Crippen LogP contribution in [-0.2, 0) is 19.0 Å². The van der Waals surface area contributed by atoms with E-state index in [2.05, 4.69) is 50.4 Å². The van der Waals surface area contributed by atoms with Crippen molar-refractivity contribution >= 4 is 22.9 Å². The molecule has 1 aromatic carbocycles. The van der Waals surface area contributed by atoms with Crippen molar-refractivity contribution in [1.82, 2.24) is 9.88 Å². The number of nitrogens with zero attached hydrogens (tertiary/aromatic N) is 2. The molecule has 0 saturated heterocycles. The first kappa shape index (κ1) is 18.9. The van der Waals surface area contributed by atoms with Gasteiger partial charge in [-0.05, 0) is 16.5 Å². The summed E-state index contributed by atoms with van der Waals surface area (Å²) in [6, 6.07) is 9.79. The lowest BCUT2D eigenvalue weighted by Crippen LogP contribution is -2.27. The SMILES string of the molecule is Cn1cc([N+](=O)[O-])cc1OCC(=S)NCc1ccc(C(C)(C)C)cc1. The molecule has 0 aliphatic rings. The van der Waals surface area contributed by atoms with Gasteiger partial charge in [0, 0.05) is 13.6 Å². The first-order chi connectivity index (χ1) is 11.7. The van der Waals surface area contributed by atoms with Crippen molar-refractivity contribution in [2.45, 2.75) is 32.7 Å². The standard InChI is InChI=1S/C18H23N3O3S/c1-18(2,3)14-7-5-13(6-8-14)10-19-16(25)12-24-17-9-15(21(22)23)11-20(17)4/h5-9,11H,10,12H2,1-4H3,(H,19,25). The molecule has 0 fully saturated rings. The number of ether oxygens (including phenoxy) is 1. The second-order valence-corrected chi connectivity index (χ2v) is 7.41. The van der Waals surface area contributed by atoms with Crippen LogP contribution >= 0.6 is 12.2 Å². The average Bonchev–Trinajstić information content (AvgIpc) is 2.92. The smallest absolute Gasteiger partial charge is 0.290 e. The normalized spacial score (nSPS) is 11.2. The Hall–Kier alpha value is -2.41. The third-order valence-corrected chi connectivity index (χ3v) is 4.08. The van der Waals surface area contributed by atoms with Crippen LogP contribution in [0.15, 0.2) is 36.5 Å². The van der Waals surface area contributed by atoms with Gasteiger partial charge in [-0.15, -0.1) is 0 Å². The highest BCUT2D eigenvalue weighted by Crippen LogP contribution is 2.22. The number of benzene rings is 1. The van der Waals surface area contributed by atoms with Gasteiger partial charge in [-0.25, -0.2) is 0 Å². The van der Waals surface area contributed by atoms with Crippen molar-refractivity contribution in [3.63, 3.8) is 0 Å². The highest BCUT2D eigenvalue weighted by molar-refractivity contribution is 7.80. The largest absolute Gasteiger partial charge is 0.471 e. The molecule has 7 heteroatoms. The molecule has 134 valence electrons. The number of nitrogens with one attached hydrogen (secondary N) is 1. The summed E-state index contributed by atoms with van der Waals surface area (Å²) in [6.45, 7) is 7.33. The minimum absolute atomic E-state index is 0.00434. The Kier molecular flexibility index (Phi) is 5.79. The van der Waals surface area contributed by atoms with E-state index in [1.807, 2.05) is 0 Å². The van der Waals surface area contributed by atoms with Gasteiger partial charge in [0.25, 0.3) is 5.69 Å². The zero-order valence-electron chi connectivity index (χ0n) is 14.9. The van der Waals surface area contributed by atoms with Gasteiger partial charge in [-0.3, -0.25) is 10.1 Å². The van der Waals surface area contributed by atoms with Gasteiger partial charge in [0.05, 0.1) is 17.2 Å². The first-order valence-electron chi connectivity index (χ1n) is 7.96. The predicted octanol–water partition coefficient (Wildman–Crippen LogP) is 3.73.